The van der Waals surface area contributed by atoms with Crippen LogP contribution in [0.4, 0.5) is 0 Å². The van der Waals surface area contributed by atoms with Crippen LogP contribution in [0.25, 0.3) is 0 Å². The van der Waals surface area contributed by atoms with Gasteiger partial charge in [0, 0.05) is 6.61 Å². The fourth-order valence-corrected chi connectivity index (χ4v) is 2.38. The molecule has 1 aromatic rings. The van der Waals surface area contributed by atoms with Crippen LogP contribution in [-0.4, -0.2) is 45.3 Å². The number of aromatic nitrogens is 2. The Bertz CT molecular complexity index is 475. The van der Waals surface area contributed by atoms with E-state index in [1.807, 2.05) is 11.8 Å². The third kappa shape index (κ3) is 4.25. The number of likely N-dealkylation sites (tertiary alicyclic amines) is 1. The highest BCUT2D eigenvalue weighted by molar-refractivity contribution is 5.73. The second-order valence-electron chi connectivity index (χ2n) is 5.88. The fourth-order valence-electron chi connectivity index (χ4n) is 2.38. The molecular weight excluding hydrogens is 274 g/mol. The Morgan fingerprint density at radius 2 is 2.29 bits per heavy atom. The van der Waals surface area contributed by atoms with Gasteiger partial charge >= 0.3 is 5.97 Å². The lowest BCUT2D eigenvalue weighted by Crippen LogP contribution is -2.35. The van der Waals surface area contributed by atoms with Crippen molar-refractivity contribution in [3.05, 3.63) is 11.7 Å². The monoisotopic (exact) mass is 297 g/mol. The zero-order valence-corrected chi connectivity index (χ0v) is 12.8. The second-order valence-corrected chi connectivity index (χ2v) is 5.88. The summed E-state index contributed by atoms with van der Waals surface area (Å²) in [6.45, 7) is 7.79. The van der Waals surface area contributed by atoms with E-state index in [0.29, 0.717) is 37.2 Å². The van der Waals surface area contributed by atoms with Gasteiger partial charge in [-0.3, -0.25) is 9.69 Å². The SMILES string of the molecule is CC(C)COC(C)c1noc(CN2CCC[C@H]2C(=O)O)n1. The molecule has 0 bridgehead atoms. The van der Waals surface area contributed by atoms with Gasteiger partial charge < -0.3 is 14.4 Å². The second kappa shape index (κ2) is 7.00. The number of nitrogens with zero attached hydrogens (tertiary/aromatic N) is 3. The van der Waals surface area contributed by atoms with E-state index in [9.17, 15) is 4.79 Å². The van der Waals surface area contributed by atoms with Crippen LogP contribution < -0.4 is 0 Å². The standard InChI is InChI=1S/C14H23N3O4/c1-9(2)8-20-10(3)13-15-12(21-16-13)7-17-6-4-5-11(17)14(18)19/h9-11H,4-8H2,1-3H3,(H,18,19)/t10?,11-/m0/s1. The quantitative estimate of drug-likeness (QED) is 0.821. The van der Waals surface area contributed by atoms with Crippen LogP contribution in [0, 0.1) is 5.92 Å². The summed E-state index contributed by atoms with van der Waals surface area (Å²) in [4.78, 5) is 17.3. The van der Waals surface area contributed by atoms with Crippen molar-refractivity contribution in [3.63, 3.8) is 0 Å². The molecule has 1 aliphatic heterocycles. The van der Waals surface area contributed by atoms with Crippen LogP contribution in [-0.2, 0) is 16.1 Å². The minimum Gasteiger partial charge on any atom is -0.480 e. The average molecular weight is 297 g/mol. The summed E-state index contributed by atoms with van der Waals surface area (Å²) >= 11 is 0. The van der Waals surface area contributed by atoms with E-state index >= 15 is 0 Å². The Kier molecular flexibility index (Phi) is 5.30. The smallest absolute Gasteiger partial charge is 0.320 e. The van der Waals surface area contributed by atoms with E-state index in [1.54, 1.807) is 0 Å². The van der Waals surface area contributed by atoms with E-state index in [4.69, 9.17) is 14.4 Å². The summed E-state index contributed by atoms with van der Waals surface area (Å²) < 4.78 is 10.8. The minimum absolute atomic E-state index is 0.223. The molecule has 0 aliphatic carbocycles. The average Bonchev–Trinajstić information content (AvgIpc) is 3.05. The topological polar surface area (TPSA) is 88.7 Å². The highest BCUT2D eigenvalue weighted by Crippen LogP contribution is 2.21. The lowest BCUT2D eigenvalue weighted by atomic mass is 10.2. The zero-order chi connectivity index (χ0) is 15.4. The molecule has 7 heteroatoms. The van der Waals surface area contributed by atoms with Crippen molar-refractivity contribution < 1.29 is 19.2 Å². The normalized spacial score (nSPS) is 21.0. The lowest BCUT2D eigenvalue weighted by Gasteiger charge is -2.18. The van der Waals surface area contributed by atoms with E-state index in [1.165, 1.54) is 0 Å². The highest BCUT2D eigenvalue weighted by atomic mass is 16.5. The maximum absolute atomic E-state index is 11.1. The Balaban J connectivity index is 1.92. The molecule has 1 aliphatic rings. The molecule has 0 saturated carbocycles. The first-order chi connectivity index (χ1) is 9.97. The summed E-state index contributed by atoms with van der Waals surface area (Å²) in [5.41, 5.74) is 0. The molecule has 0 aromatic carbocycles. The predicted molar refractivity (Wildman–Crippen MR) is 74.6 cm³/mol. The summed E-state index contributed by atoms with van der Waals surface area (Å²) in [7, 11) is 0. The maximum atomic E-state index is 11.1. The molecule has 7 nitrogen and oxygen atoms in total. The van der Waals surface area contributed by atoms with Gasteiger partial charge in [-0.05, 0) is 32.2 Å². The van der Waals surface area contributed by atoms with Crippen molar-refractivity contribution in [2.75, 3.05) is 13.2 Å². The van der Waals surface area contributed by atoms with Crippen molar-refractivity contribution in [2.24, 2.45) is 5.92 Å². The molecule has 2 atom stereocenters. The molecule has 1 fully saturated rings. The number of hydrogen-bond donors (Lipinski definition) is 1. The summed E-state index contributed by atoms with van der Waals surface area (Å²) in [5, 5.41) is 13.1. The Morgan fingerprint density at radius 3 is 2.95 bits per heavy atom. The Morgan fingerprint density at radius 1 is 1.52 bits per heavy atom. The van der Waals surface area contributed by atoms with Gasteiger partial charge in [0.25, 0.3) is 0 Å². The van der Waals surface area contributed by atoms with E-state index in [2.05, 4.69) is 24.0 Å². The van der Waals surface area contributed by atoms with Gasteiger partial charge in [0.2, 0.25) is 5.89 Å². The first-order valence-corrected chi connectivity index (χ1v) is 7.38. The fraction of sp³-hybridized carbons (Fsp3) is 0.786. The number of hydrogen-bond acceptors (Lipinski definition) is 6. The van der Waals surface area contributed by atoms with Crippen molar-refractivity contribution in [2.45, 2.75) is 52.3 Å². The molecule has 118 valence electrons. The first kappa shape index (κ1) is 15.9. The van der Waals surface area contributed by atoms with Crippen LogP contribution in [0.5, 0.6) is 0 Å². The number of aliphatic carboxylic acids is 1. The first-order valence-electron chi connectivity index (χ1n) is 7.38. The van der Waals surface area contributed by atoms with Crippen molar-refractivity contribution in [1.29, 1.82) is 0 Å². The van der Waals surface area contributed by atoms with Gasteiger partial charge in [0.05, 0.1) is 6.54 Å². The zero-order valence-electron chi connectivity index (χ0n) is 12.8. The molecule has 21 heavy (non-hydrogen) atoms. The maximum Gasteiger partial charge on any atom is 0.320 e. The van der Waals surface area contributed by atoms with Crippen LogP contribution in [0.1, 0.15) is 51.4 Å². The molecule has 0 amide bonds. The third-order valence-electron chi connectivity index (χ3n) is 3.51. The largest absolute Gasteiger partial charge is 0.480 e. The molecule has 1 N–H and O–H groups in total. The Labute approximate surface area is 124 Å². The molecule has 1 saturated heterocycles. The highest BCUT2D eigenvalue weighted by Gasteiger charge is 2.31. The summed E-state index contributed by atoms with van der Waals surface area (Å²) in [6, 6.07) is -0.449. The molecule has 2 rings (SSSR count). The van der Waals surface area contributed by atoms with E-state index < -0.39 is 12.0 Å². The van der Waals surface area contributed by atoms with Crippen LogP contribution in [0.15, 0.2) is 4.52 Å². The molecule has 1 aromatic heterocycles. The number of carboxylic acids is 1. The summed E-state index contributed by atoms with van der Waals surface area (Å²) in [5.74, 6) is 0.607. The number of carbonyl (C=O) groups is 1. The molecule has 0 spiro atoms. The number of carboxylic acid groups (broad SMARTS) is 1. The van der Waals surface area contributed by atoms with Crippen molar-refractivity contribution in [3.8, 4) is 0 Å². The van der Waals surface area contributed by atoms with Gasteiger partial charge in [-0.2, -0.15) is 4.98 Å². The summed E-state index contributed by atoms with van der Waals surface area (Å²) in [6.07, 6.45) is 1.33. The van der Waals surface area contributed by atoms with Crippen LogP contribution in [0.2, 0.25) is 0 Å². The third-order valence-corrected chi connectivity index (χ3v) is 3.51. The lowest BCUT2D eigenvalue weighted by molar-refractivity contribution is -0.142. The minimum atomic E-state index is -0.791. The molecule has 1 unspecified atom stereocenters. The number of rotatable bonds is 7. The van der Waals surface area contributed by atoms with Gasteiger partial charge in [0.15, 0.2) is 5.82 Å². The van der Waals surface area contributed by atoms with Gasteiger partial charge in [-0.15, -0.1) is 0 Å². The van der Waals surface area contributed by atoms with Crippen molar-refractivity contribution >= 4 is 5.97 Å². The Hall–Kier alpha value is -1.47. The predicted octanol–water partition coefficient (Wildman–Crippen LogP) is 1.85. The molecular formula is C14H23N3O4. The van der Waals surface area contributed by atoms with Crippen LogP contribution >= 0.6 is 0 Å². The van der Waals surface area contributed by atoms with E-state index in [-0.39, 0.29) is 6.10 Å². The van der Waals surface area contributed by atoms with Crippen LogP contribution in [0.3, 0.4) is 0 Å². The van der Waals surface area contributed by atoms with Crippen molar-refractivity contribution in [1.82, 2.24) is 15.0 Å². The van der Waals surface area contributed by atoms with Gasteiger partial charge in [-0.25, -0.2) is 0 Å². The van der Waals surface area contributed by atoms with E-state index in [0.717, 1.165) is 13.0 Å². The van der Waals surface area contributed by atoms with Gasteiger partial charge in [0.1, 0.15) is 12.1 Å². The molecule has 0 radical (unpaired) electrons. The molecule has 2 heterocycles. The number of ether oxygens (including phenoxy) is 1. The van der Waals surface area contributed by atoms with Gasteiger partial charge in [-0.1, -0.05) is 19.0 Å².